The molecule has 2 aromatic rings. The van der Waals surface area contributed by atoms with Gasteiger partial charge in [-0.05, 0) is 25.1 Å². The van der Waals surface area contributed by atoms with Crippen LogP contribution in [0.2, 0.25) is 0 Å². The van der Waals surface area contributed by atoms with Gasteiger partial charge in [0.05, 0.1) is 10.2 Å². The molecule has 15 heavy (non-hydrogen) atoms. The average Bonchev–Trinajstić information content (AvgIpc) is 2.67. The van der Waals surface area contributed by atoms with Gasteiger partial charge in [0.25, 0.3) is 0 Å². The summed E-state index contributed by atoms with van der Waals surface area (Å²) in [6, 6.07) is 8.30. The second-order valence-corrected chi connectivity index (χ2v) is 5.49. The zero-order valence-corrected chi connectivity index (χ0v) is 11.3. The van der Waals surface area contributed by atoms with Crippen LogP contribution in [0.25, 0.3) is 10.2 Å². The number of benzene rings is 1. The van der Waals surface area contributed by atoms with Gasteiger partial charge in [0.2, 0.25) is 0 Å². The maximum atomic E-state index is 4.56. The van der Waals surface area contributed by atoms with E-state index in [2.05, 4.69) is 51.1 Å². The van der Waals surface area contributed by atoms with Crippen LogP contribution >= 0.6 is 33.9 Å². The lowest BCUT2D eigenvalue weighted by Gasteiger charge is -1.98. The van der Waals surface area contributed by atoms with Crippen LogP contribution in [0.4, 0.5) is 0 Å². The first-order chi connectivity index (χ1) is 7.40. The molecule has 2 nitrogen and oxygen atoms in total. The summed E-state index contributed by atoms with van der Waals surface area (Å²) in [4.78, 5) is 4.56. The predicted molar refractivity (Wildman–Crippen MR) is 74.8 cm³/mol. The van der Waals surface area contributed by atoms with Crippen LogP contribution < -0.4 is 5.32 Å². The van der Waals surface area contributed by atoms with E-state index in [1.165, 1.54) is 20.6 Å². The van der Waals surface area contributed by atoms with Gasteiger partial charge < -0.3 is 5.32 Å². The minimum atomic E-state index is 0.899. The molecule has 0 atom stereocenters. The van der Waals surface area contributed by atoms with Crippen LogP contribution in [-0.2, 0) is 6.54 Å². The first-order valence-electron chi connectivity index (χ1n) is 5.01. The fourth-order valence-corrected chi connectivity index (χ4v) is 2.70. The van der Waals surface area contributed by atoms with E-state index in [1.54, 1.807) is 11.3 Å². The number of fused-ring (bicyclic) bond motifs is 1. The highest BCUT2D eigenvalue weighted by molar-refractivity contribution is 14.1. The maximum absolute atomic E-state index is 4.56. The largest absolute Gasteiger partial charge is 0.310 e. The molecule has 1 aromatic carbocycles. The number of alkyl halides is 1. The molecular weight excluding hydrogens is 319 g/mol. The van der Waals surface area contributed by atoms with Crippen molar-refractivity contribution in [3.05, 3.63) is 29.3 Å². The number of nitrogens with zero attached hydrogens (tertiary/aromatic N) is 1. The average molecular weight is 332 g/mol. The second kappa shape index (κ2) is 5.77. The van der Waals surface area contributed by atoms with Crippen LogP contribution in [0.1, 0.15) is 11.4 Å². The minimum absolute atomic E-state index is 0.899. The van der Waals surface area contributed by atoms with Crippen molar-refractivity contribution in [3.8, 4) is 0 Å². The van der Waals surface area contributed by atoms with Crippen molar-refractivity contribution in [2.24, 2.45) is 0 Å². The molecule has 0 amide bonds. The highest BCUT2D eigenvalue weighted by atomic mass is 127. The Balaban J connectivity index is 1.97. The Morgan fingerprint density at radius 3 is 3.00 bits per heavy atom. The van der Waals surface area contributed by atoms with Crippen LogP contribution in [0.15, 0.2) is 24.3 Å². The van der Waals surface area contributed by atoms with Crippen molar-refractivity contribution in [1.29, 1.82) is 0 Å². The van der Waals surface area contributed by atoms with Crippen molar-refractivity contribution in [1.82, 2.24) is 10.3 Å². The Morgan fingerprint density at radius 2 is 2.20 bits per heavy atom. The molecule has 0 unspecified atom stereocenters. The summed E-state index contributed by atoms with van der Waals surface area (Å²) in [5.74, 6) is 0. The number of thiazole rings is 1. The molecule has 0 aliphatic carbocycles. The lowest BCUT2D eigenvalue weighted by molar-refractivity contribution is 0.679. The fraction of sp³-hybridized carbons (Fsp3) is 0.364. The van der Waals surface area contributed by atoms with Crippen LogP contribution in [0.3, 0.4) is 0 Å². The first-order valence-corrected chi connectivity index (χ1v) is 7.35. The highest BCUT2D eigenvalue weighted by Gasteiger charge is 2.01. The Kier molecular flexibility index (Phi) is 4.34. The molecule has 0 saturated carbocycles. The number of halogens is 1. The quantitative estimate of drug-likeness (QED) is 0.517. The Hall–Kier alpha value is -0.200. The molecular formula is C11H13IN2S. The first kappa shape index (κ1) is 11.3. The van der Waals surface area contributed by atoms with Gasteiger partial charge in [0.15, 0.2) is 0 Å². The molecule has 1 heterocycles. The molecule has 0 saturated heterocycles. The zero-order valence-electron chi connectivity index (χ0n) is 8.37. The third-order valence-electron chi connectivity index (χ3n) is 2.10. The van der Waals surface area contributed by atoms with Gasteiger partial charge in [-0.25, -0.2) is 4.98 Å². The third kappa shape index (κ3) is 3.12. The van der Waals surface area contributed by atoms with E-state index >= 15 is 0 Å². The molecule has 0 aliphatic rings. The third-order valence-corrected chi connectivity index (χ3v) is 3.90. The van der Waals surface area contributed by atoms with Crippen molar-refractivity contribution >= 4 is 44.1 Å². The van der Waals surface area contributed by atoms with Gasteiger partial charge in [-0.1, -0.05) is 34.7 Å². The molecule has 1 aromatic heterocycles. The summed E-state index contributed by atoms with van der Waals surface area (Å²) in [6.07, 6.45) is 1.23. The van der Waals surface area contributed by atoms with Crippen LogP contribution in [0.5, 0.6) is 0 Å². The number of para-hydroxylation sites is 1. The smallest absolute Gasteiger partial charge is 0.108 e. The molecule has 0 spiro atoms. The van der Waals surface area contributed by atoms with Gasteiger partial charge >= 0.3 is 0 Å². The number of aromatic nitrogens is 1. The van der Waals surface area contributed by atoms with E-state index in [0.29, 0.717) is 0 Å². The number of nitrogens with one attached hydrogen (secondary N) is 1. The van der Waals surface area contributed by atoms with Crippen molar-refractivity contribution in [2.75, 3.05) is 11.0 Å². The lowest BCUT2D eigenvalue weighted by atomic mass is 10.3. The SMILES string of the molecule is ICCCNCc1nc2ccccc2s1. The highest BCUT2D eigenvalue weighted by Crippen LogP contribution is 2.21. The van der Waals surface area contributed by atoms with E-state index in [0.717, 1.165) is 18.6 Å². The molecule has 1 N–H and O–H groups in total. The van der Waals surface area contributed by atoms with Gasteiger partial charge in [-0.2, -0.15) is 0 Å². The Labute approximate surface area is 107 Å². The van der Waals surface area contributed by atoms with Gasteiger partial charge in [-0.15, -0.1) is 11.3 Å². The van der Waals surface area contributed by atoms with E-state index in [4.69, 9.17) is 0 Å². The standard InChI is InChI=1S/C11H13IN2S/c12-6-3-7-13-8-11-14-9-4-1-2-5-10(9)15-11/h1-2,4-5,13H,3,6-8H2. The number of hydrogen-bond acceptors (Lipinski definition) is 3. The summed E-state index contributed by atoms with van der Waals surface area (Å²) in [5, 5.41) is 4.59. The molecule has 80 valence electrons. The molecule has 2 rings (SSSR count). The van der Waals surface area contributed by atoms with E-state index in [-0.39, 0.29) is 0 Å². The van der Waals surface area contributed by atoms with Crippen molar-refractivity contribution in [2.45, 2.75) is 13.0 Å². The number of rotatable bonds is 5. The van der Waals surface area contributed by atoms with Gasteiger partial charge in [0.1, 0.15) is 5.01 Å². The predicted octanol–water partition coefficient (Wildman–Crippen LogP) is 3.21. The van der Waals surface area contributed by atoms with E-state index in [1.807, 2.05) is 6.07 Å². The molecule has 0 radical (unpaired) electrons. The van der Waals surface area contributed by atoms with Crippen LogP contribution in [-0.4, -0.2) is 16.0 Å². The summed E-state index contributed by atoms with van der Waals surface area (Å²) < 4.78 is 2.49. The lowest BCUT2D eigenvalue weighted by Crippen LogP contribution is -2.14. The Bertz CT molecular complexity index is 394. The van der Waals surface area contributed by atoms with Gasteiger partial charge in [0, 0.05) is 11.0 Å². The normalized spacial score (nSPS) is 11.0. The molecule has 0 aliphatic heterocycles. The van der Waals surface area contributed by atoms with Crippen molar-refractivity contribution in [3.63, 3.8) is 0 Å². The topological polar surface area (TPSA) is 24.9 Å². The molecule has 0 bridgehead atoms. The zero-order chi connectivity index (χ0) is 10.5. The summed E-state index contributed by atoms with van der Waals surface area (Å²) in [5.41, 5.74) is 1.12. The maximum Gasteiger partial charge on any atom is 0.108 e. The van der Waals surface area contributed by atoms with Gasteiger partial charge in [-0.3, -0.25) is 0 Å². The number of hydrogen-bond donors (Lipinski definition) is 1. The van der Waals surface area contributed by atoms with Crippen molar-refractivity contribution < 1.29 is 0 Å². The summed E-state index contributed by atoms with van der Waals surface area (Å²) in [7, 11) is 0. The monoisotopic (exact) mass is 332 g/mol. The van der Waals surface area contributed by atoms with E-state index in [9.17, 15) is 0 Å². The Morgan fingerprint density at radius 1 is 1.33 bits per heavy atom. The minimum Gasteiger partial charge on any atom is -0.310 e. The molecule has 4 heteroatoms. The van der Waals surface area contributed by atoms with E-state index < -0.39 is 0 Å². The molecule has 0 fully saturated rings. The summed E-state index contributed by atoms with van der Waals surface area (Å²) in [6.45, 7) is 1.98. The summed E-state index contributed by atoms with van der Waals surface area (Å²) >= 11 is 4.18. The second-order valence-electron chi connectivity index (χ2n) is 3.29. The fourth-order valence-electron chi connectivity index (χ4n) is 1.38. The van der Waals surface area contributed by atoms with Crippen LogP contribution in [0, 0.1) is 0 Å².